The van der Waals surface area contributed by atoms with E-state index in [0.29, 0.717) is 11.3 Å². The van der Waals surface area contributed by atoms with Crippen molar-refractivity contribution in [2.24, 2.45) is 7.05 Å². The fraction of sp³-hybridized carbons (Fsp3) is 0.250. The summed E-state index contributed by atoms with van der Waals surface area (Å²) in [6, 6.07) is 4.76. The Balaban J connectivity index is 2.18. The topological polar surface area (TPSA) is 35.1 Å². The van der Waals surface area contributed by atoms with Gasteiger partial charge in [-0.3, -0.25) is 4.57 Å². The predicted molar refractivity (Wildman–Crippen MR) is 58.2 cm³/mol. The maximum absolute atomic E-state index is 12.3. The summed E-state index contributed by atoms with van der Waals surface area (Å²) in [5, 5.41) is 0. The quantitative estimate of drug-likeness (QED) is 0.828. The molecule has 3 nitrogen and oxygen atoms in total. The van der Waals surface area contributed by atoms with Gasteiger partial charge in [0.25, 0.3) is 0 Å². The number of oxazole rings is 1. The summed E-state index contributed by atoms with van der Waals surface area (Å²) in [5.41, 5.74) is -0.0434. The fourth-order valence-electron chi connectivity index (χ4n) is 1.57. The van der Waals surface area contributed by atoms with Crippen molar-refractivity contribution in [2.75, 3.05) is 0 Å². The van der Waals surface area contributed by atoms with Crippen molar-refractivity contribution < 1.29 is 17.6 Å². The van der Waals surface area contributed by atoms with Crippen molar-refractivity contribution in [1.29, 1.82) is 0 Å². The first-order valence-corrected chi connectivity index (χ1v) is 5.18. The van der Waals surface area contributed by atoms with Gasteiger partial charge in [-0.1, -0.05) is 12.1 Å². The van der Waals surface area contributed by atoms with Crippen molar-refractivity contribution in [3.63, 3.8) is 0 Å². The molecular formula is C12H10F3NO2. The highest BCUT2D eigenvalue weighted by Crippen LogP contribution is 2.29. The molecule has 2 rings (SSSR count). The summed E-state index contributed by atoms with van der Waals surface area (Å²) >= 11 is 0. The number of hydrogen-bond donors (Lipinski definition) is 0. The molecule has 6 heteroatoms. The Morgan fingerprint density at radius 2 is 1.83 bits per heavy atom. The second kappa shape index (κ2) is 4.36. The molecule has 0 aliphatic rings. The van der Waals surface area contributed by atoms with E-state index in [0.717, 1.165) is 12.1 Å². The standard InChI is InChI=1S/C12H10F3NO2/c1-16-7-10(18-11(16)17)6-8-2-4-9(5-3-8)12(13,14)15/h2-5,7H,6H2,1H3. The van der Waals surface area contributed by atoms with Gasteiger partial charge < -0.3 is 4.42 Å². The van der Waals surface area contributed by atoms with Crippen LogP contribution in [0.25, 0.3) is 0 Å². The number of rotatable bonds is 2. The van der Waals surface area contributed by atoms with Crippen molar-refractivity contribution >= 4 is 0 Å². The van der Waals surface area contributed by atoms with Crippen LogP contribution >= 0.6 is 0 Å². The molecule has 0 radical (unpaired) electrons. The zero-order valence-electron chi connectivity index (χ0n) is 9.49. The Labute approximate surface area is 100 Å². The van der Waals surface area contributed by atoms with Crippen LogP contribution in [-0.4, -0.2) is 4.57 Å². The summed E-state index contributed by atoms with van der Waals surface area (Å²) in [5.74, 6) is -0.0702. The smallest absolute Gasteiger partial charge is 0.413 e. The number of alkyl halides is 3. The molecule has 0 atom stereocenters. The Hall–Kier alpha value is -1.98. The van der Waals surface area contributed by atoms with Crippen molar-refractivity contribution in [1.82, 2.24) is 4.57 Å². The summed E-state index contributed by atoms with van der Waals surface area (Å²) < 4.78 is 43.2. The first-order chi connectivity index (χ1) is 8.36. The van der Waals surface area contributed by atoms with Crippen molar-refractivity contribution in [3.05, 3.63) is 57.9 Å². The molecule has 96 valence electrons. The van der Waals surface area contributed by atoms with Crippen LogP contribution < -0.4 is 5.76 Å². The molecular weight excluding hydrogens is 247 g/mol. The molecule has 2 aromatic rings. The van der Waals surface area contributed by atoms with Crippen LogP contribution in [0.2, 0.25) is 0 Å². The van der Waals surface area contributed by atoms with E-state index in [1.807, 2.05) is 0 Å². The van der Waals surface area contributed by atoms with Crippen LogP contribution in [0.1, 0.15) is 16.9 Å². The lowest BCUT2D eigenvalue weighted by molar-refractivity contribution is -0.137. The Bertz CT molecular complexity index is 593. The van der Waals surface area contributed by atoms with Gasteiger partial charge in [0.1, 0.15) is 5.76 Å². The number of aryl methyl sites for hydroxylation is 1. The van der Waals surface area contributed by atoms with Gasteiger partial charge in [-0.25, -0.2) is 4.79 Å². The van der Waals surface area contributed by atoms with E-state index in [2.05, 4.69) is 0 Å². The third-order valence-electron chi connectivity index (χ3n) is 2.50. The first kappa shape index (κ1) is 12.5. The van der Waals surface area contributed by atoms with E-state index in [9.17, 15) is 18.0 Å². The third-order valence-corrected chi connectivity index (χ3v) is 2.50. The predicted octanol–water partition coefficient (Wildman–Crippen LogP) is 2.59. The molecule has 0 unspecified atom stereocenters. The lowest BCUT2D eigenvalue weighted by Gasteiger charge is -2.06. The van der Waals surface area contributed by atoms with Crippen molar-refractivity contribution in [3.8, 4) is 0 Å². The van der Waals surface area contributed by atoms with E-state index >= 15 is 0 Å². The average Bonchev–Trinajstić information content (AvgIpc) is 2.57. The van der Waals surface area contributed by atoms with E-state index in [-0.39, 0.29) is 6.42 Å². The lowest BCUT2D eigenvalue weighted by Crippen LogP contribution is -2.07. The van der Waals surface area contributed by atoms with Gasteiger partial charge in [0.2, 0.25) is 0 Å². The highest BCUT2D eigenvalue weighted by Gasteiger charge is 2.29. The minimum absolute atomic E-state index is 0.286. The second-order valence-electron chi connectivity index (χ2n) is 3.95. The average molecular weight is 257 g/mol. The zero-order valence-corrected chi connectivity index (χ0v) is 9.49. The molecule has 1 heterocycles. The van der Waals surface area contributed by atoms with Crippen molar-refractivity contribution in [2.45, 2.75) is 12.6 Å². The normalized spacial score (nSPS) is 11.8. The van der Waals surface area contributed by atoms with Gasteiger partial charge in [-0.05, 0) is 17.7 Å². The lowest BCUT2D eigenvalue weighted by atomic mass is 10.1. The molecule has 0 bridgehead atoms. The van der Waals surface area contributed by atoms with E-state index in [4.69, 9.17) is 4.42 Å². The summed E-state index contributed by atoms with van der Waals surface area (Å²) in [7, 11) is 1.54. The van der Waals surface area contributed by atoms with E-state index < -0.39 is 17.5 Å². The molecule has 0 aliphatic carbocycles. The largest absolute Gasteiger partial charge is 0.418 e. The van der Waals surface area contributed by atoms with Gasteiger partial charge >= 0.3 is 11.9 Å². The van der Waals surface area contributed by atoms with Gasteiger partial charge in [-0.15, -0.1) is 0 Å². The van der Waals surface area contributed by atoms with Crippen LogP contribution in [0.4, 0.5) is 13.2 Å². The van der Waals surface area contributed by atoms with E-state index in [1.54, 1.807) is 7.05 Å². The zero-order chi connectivity index (χ0) is 13.3. The number of nitrogens with zero attached hydrogens (tertiary/aromatic N) is 1. The van der Waals surface area contributed by atoms with E-state index in [1.165, 1.54) is 22.9 Å². The van der Waals surface area contributed by atoms with Gasteiger partial charge in [0.05, 0.1) is 5.56 Å². The minimum atomic E-state index is -4.34. The monoisotopic (exact) mass is 257 g/mol. The molecule has 0 N–H and O–H groups in total. The molecule has 0 spiro atoms. The van der Waals surface area contributed by atoms with Crippen LogP contribution in [0, 0.1) is 0 Å². The summed E-state index contributed by atoms with van der Waals surface area (Å²) in [6.07, 6.45) is -2.54. The van der Waals surface area contributed by atoms with Crippen LogP contribution in [0.5, 0.6) is 0 Å². The highest BCUT2D eigenvalue weighted by molar-refractivity contribution is 5.26. The molecule has 1 aromatic carbocycles. The number of benzene rings is 1. The highest BCUT2D eigenvalue weighted by atomic mass is 19.4. The molecule has 0 aliphatic heterocycles. The number of halogens is 3. The summed E-state index contributed by atoms with van der Waals surface area (Å²) in [4.78, 5) is 11.1. The third kappa shape index (κ3) is 2.64. The fourth-order valence-corrected chi connectivity index (χ4v) is 1.57. The SMILES string of the molecule is Cn1cc(Cc2ccc(C(F)(F)F)cc2)oc1=O. The summed E-state index contributed by atoms with van der Waals surface area (Å²) in [6.45, 7) is 0. The molecule has 0 fully saturated rings. The van der Waals surface area contributed by atoms with Gasteiger partial charge in [0.15, 0.2) is 0 Å². The Kier molecular flexibility index (Phi) is 3.02. The number of hydrogen-bond acceptors (Lipinski definition) is 2. The van der Waals surface area contributed by atoms with Crippen LogP contribution in [-0.2, 0) is 19.6 Å². The second-order valence-corrected chi connectivity index (χ2v) is 3.95. The van der Waals surface area contributed by atoms with Crippen LogP contribution in [0.15, 0.2) is 39.7 Å². The number of aromatic nitrogens is 1. The maximum Gasteiger partial charge on any atom is 0.418 e. The molecule has 0 saturated carbocycles. The van der Waals surface area contributed by atoms with Gasteiger partial charge in [0, 0.05) is 19.7 Å². The molecule has 0 amide bonds. The first-order valence-electron chi connectivity index (χ1n) is 5.18. The van der Waals surface area contributed by atoms with Crippen LogP contribution in [0.3, 0.4) is 0 Å². The minimum Gasteiger partial charge on any atom is -0.413 e. The molecule has 1 aromatic heterocycles. The maximum atomic E-state index is 12.3. The Morgan fingerprint density at radius 3 is 2.28 bits per heavy atom. The van der Waals surface area contributed by atoms with Gasteiger partial charge in [-0.2, -0.15) is 13.2 Å². The molecule has 18 heavy (non-hydrogen) atoms. The molecule has 0 saturated heterocycles. The Morgan fingerprint density at radius 1 is 1.22 bits per heavy atom.